The van der Waals surface area contributed by atoms with Crippen molar-refractivity contribution >= 4 is 33.0 Å². The van der Waals surface area contributed by atoms with Gasteiger partial charge in [-0.2, -0.15) is 5.10 Å². The molecule has 0 unspecified atom stereocenters. The van der Waals surface area contributed by atoms with E-state index < -0.39 is 4.92 Å². The quantitative estimate of drug-likeness (QED) is 0.579. The van der Waals surface area contributed by atoms with Crippen molar-refractivity contribution < 1.29 is 4.92 Å². The molecule has 0 radical (unpaired) electrons. The molecular formula is C13H10BrN5O2. The van der Waals surface area contributed by atoms with Gasteiger partial charge in [-0.05, 0) is 18.2 Å². The van der Waals surface area contributed by atoms with Crippen LogP contribution in [-0.4, -0.2) is 19.5 Å². The minimum atomic E-state index is -0.414. The first kappa shape index (κ1) is 13.5. The standard InChI is InChI=1S/C13H10BrN5O2/c14-9-1-2-11(12(7-9)19(20)21)16-8-10-3-5-15-13-4-6-17-18(10)13/h1-7,16H,8H2. The van der Waals surface area contributed by atoms with Crippen LogP contribution < -0.4 is 5.32 Å². The van der Waals surface area contributed by atoms with Crippen LogP contribution in [0.25, 0.3) is 5.65 Å². The average molecular weight is 348 g/mol. The molecule has 0 saturated carbocycles. The lowest BCUT2D eigenvalue weighted by molar-refractivity contribution is -0.384. The summed E-state index contributed by atoms with van der Waals surface area (Å²) in [6.45, 7) is 0.406. The Labute approximate surface area is 127 Å². The Hall–Kier alpha value is -2.48. The summed E-state index contributed by atoms with van der Waals surface area (Å²) in [6, 6.07) is 8.51. The van der Waals surface area contributed by atoms with Crippen molar-refractivity contribution in [1.82, 2.24) is 14.6 Å². The first-order valence-electron chi connectivity index (χ1n) is 6.10. The second-order valence-electron chi connectivity index (χ2n) is 4.31. The first-order valence-corrected chi connectivity index (χ1v) is 6.90. The lowest BCUT2D eigenvalue weighted by atomic mass is 10.2. The molecule has 0 atom stereocenters. The number of hydrogen-bond donors (Lipinski definition) is 1. The molecule has 0 amide bonds. The fourth-order valence-corrected chi connectivity index (χ4v) is 2.36. The van der Waals surface area contributed by atoms with Gasteiger partial charge in [0, 0.05) is 22.8 Å². The Morgan fingerprint density at radius 3 is 2.95 bits per heavy atom. The zero-order chi connectivity index (χ0) is 14.8. The highest BCUT2D eigenvalue weighted by Crippen LogP contribution is 2.28. The smallest absolute Gasteiger partial charge is 0.293 e. The van der Waals surface area contributed by atoms with Crippen molar-refractivity contribution in [3.8, 4) is 0 Å². The van der Waals surface area contributed by atoms with Gasteiger partial charge >= 0.3 is 0 Å². The number of nitrogens with one attached hydrogen (secondary N) is 1. The number of halogens is 1. The second-order valence-corrected chi connectivity index (χ2v) is 5.23. The van der Waals surface area contributed by atoms with Crippen LogP contribution in [0.4, 0.5) is 11.4 Å². The molecule has 3 rings (SSSR count). The van der Waals surface area contributed by atoms with E-state index in [4.69, 9.17) is 0 Å². The number of nitro benzene ring substituents is 1. The van der Waals surface area contributed by atoms with E-state index in [1.165, 1.54) is 6.07 Å². The predicted molar refractivity (Wildman–Crippen MR) is 81.1 cm³/mol. The Bertz CT molecular complexity index is 817. The molecule has 1 N–H and O–H groups in total. The highest BCUT2D eigenvalue weighted by Gasteiger charge is 2.14. The van der Waals surface area contributed by atoms with E-state index in [2.05, 4.69) is 31.3 Å². The number of aromatic nitrogens is 3. The van der Waals surface area contributed by atoms with Gasteiger partial charge in [0.15, 0.2) is 5.65 Å². The molecule has 3 aromatic rings. The lowest BCUT2D eigenvalue weighted by Gasteiger charge is -2.08. The largest absolute Gasteiger partial charge is 0.374 e. The average Bonchev–Trinajstić information content (AvgIpc) is 2.94. The molecule has 106 valence electrons. The van der Waals surface area contributed by atoms with E-state index >= 15 is 0 Å². The van der Waals surface area contributed by atoms with Crippen LogP contribution in [-0.2, 0) is 6.54 Å². The molecule has 1 aromatic carbocycles. The van der Waals surface area contributed by atoms with Crippen molar-refractivity contribution in [3.05, 3.63) is 63.0 Å². The third kappa shape index (κ3) is 2.70. The van der Waals surface area contributed by atoms with Gasteiger partial charge in [-0.25, -0.2) is 9.50 Å². The van der Waals surface area contributed by atoms with Crippen LogP contribution in [0.5, 0.6) is 0 Å². The van der Waals surface area contributed by atoms with Gasteiger partial charge < -0.3 is 5.32 Å². The van der Waals surface area contributed by atoms with Gasteiger partial charge in [0.05, 0.1) is 23.4 Å². The minimum Gasteiger partial charge on any atom is -0.374 e. The summed E-state index contributed by atoms with van der Waals surface area (Å²) in [5, 5.41) is 18.3. The van der Waals surface area contributed by atoms with Gasteiger partial charge in [-0.15, -0.1) is 0 Å². The van der Waals surface area contributed by atoms with Gasteiger partial charge in [0.1, 0.15) is 5.69 Å². The van der Waals surface area contributed by atoms with E-state index in [1.807, 2.05) is 6.07 Å². The van der Waals surface area contributed by atoms with Gasteiger partial charge in [0.25, 0.3) is 5.69 Å². The highest BCUT2D eigenvalue weighted by atomic mass is 79.9. The zero-order valence-electron chi connectivity index (χ0n) is 10.7. The molecule has 0 saturated heterocycles. The molecule has 0 aliphatic rings. The Morgan fingerprint density at radius 1 is 1.29 bits per heavy atom. The summed E-state index contributed by atoms with van der Waals surface area (Å²) in [4.78, 5) is 14.8. The number of fused-ring (bicyclic) bond motifs is 1. The molecule has 7 nitrogen and oxygen atoms in total. The lowest BCUT2D eigenvalue weighted by Crippen LogP contribution is -2.07. The number of nitro groups is 1. The molecule has 21 heavy (non-hydrogen) atoms. The number of nitrogens with zero attached hydrogens (tertiary/aromatic N) is 4. The first-order chi connectivity index (χ1) is 10.1. The van der Waals surface area contributed by atoms with E-state index in [9.17, 15) is 10.1 Å². The van der Waals surface area contributed by atoms with Crippen LogP contribution in [0.2, 0.25) is 0 Å². The number of hydrogen-bond acceptors (Lipinski definition) is 5. The number of rotatable bonds is 4. The van der Waals surface area contributed by atoms with Crippen molar-refractivity contribution in [3.63, 3.8) is 0 Å². The maximum Gasteiger partial charge on any atom is 0.293 e. The molecule has 0 spiro atoms. The van der Waals surface area contributed by atoms with Crippen molar-refractivity contribution in [2.24, 2.45) is 0 Å². The minimum absolute atomic E-state index is 0.0233. The summed E-state index contributed by atoms with van der Waals surface area (Å²) in [6.07, 6.45) is 3.35. The maximum atomic E-state index is 11.1. The van der Waals surface area contributed by atoms with Crippen LogP contribution in [0, 0.1) is 10.1 Å². The third-order valence-corrected chi connectivity index (χ3v) is 3.48. The maximum absolute atomic E-state index is 11.1. The van der Waals surface area contributed by atoms with Crippen molar-refractivity contribution in [2.75, 3.05) is 5.32 Å². The molecule has 0 aliphatic heterocycles. The summed E-state index contributed by atoms with van der Waals surface area (Å²) >= 11 is 3.23. The van der Waals surface area contributed by atoms with Crippen LogP contribution in [0.1, 0.15) is 5.69 Å². The molecule has 0 aliphatic carbocycles. The molecule has 0 bridgehead atoms. The number of anilines is 1. The summed E-state index contributed by atoms with van der Waals surface area (Å²) in [5.74, 6) is 0. The second kappa shape index (κ2) is 5.49. The predicted octanol–water partition coefficient (Wildman–Crippen LogP) is 3.01. The highest BCUT2D eigenvalue weighted by molar-refractivity contribution is 9.10. The van der Waals surface area contributed by atoms with Gasteiger partial charge in [-0.1, -0.05) is 15.9 Å². The fraction of sp³-hybridized carbons (Fsp3) is 0.0769. The molecular weight excluding hydrogens is 338 g/mol. The zero-order valence-corrected chi connectivity index (χ0v) is 12.3. The molecule has 2 heterocycles. The number of benzene rings is 1. The molecule has 0 fully saturated rings. The van der Waals surface area contributed by atoms with Crippen LogP contribution >= 0.6 is 15.9 Å². The summed E-state index contributed by atoms with van der Waals surface area (Å²) in [7, 11) is 0. The summed E-state index contributed by atoms with van der Waals surface area (Å²) < 4.78 is 2.36. The van der Waals surface area contributed by atoms with Gasteiger partial charge in [-0.3, -0.25) is 10.1 Å². The molecule has 2 aromatic heterocycles. The topological polar surface area (TPSA) is 85.4 Å². The van der Waals surface area contributed by atoms with E-state index in [0.717, 1.165) is 11.3 Å². The monoisotopic (exact) mass is 347 g/mol. The van der Waals surface area contributed by atoms with E-state index in [-0.39, 0.29) is 5.69 Å². The van der Waals surface area contributed by atoms with Crippen LogP contribution in [0.3, 0.4) is 0 Å². The van der Waals surface area contributed by atoms with Crippen LogP contribution in [0.15, 0.2) is 47.2 Å². The molecule has 8 heteroatoms. The normalized spacial score (nSPS) is 10.7. The summed E-state index contributed by atoms with van der Waals surface area (Å²) in [5.41, 5.74) is 2.08. The third-order valence-electron chi connectivity index (χ3n) is 2.98. The van der Waals surface area contributed by atoms with Crippen molar-refractivity contribution in [2.45, 2.75) is 6.54 Å². The fourth-order valence-electron chi connectivity index (χ4n) is 2.01. The van der Waals surface area contributed by atoms with E-state index in [0.29, 0.717) is 16.7 Å². The SMILES string of the molecule is O=[N+]([O-])c1cc(Br)ccc1NCc1ccnc2ccnn12. The van der Waals surface area contributed by atoms with Crippen molar-refractivity contribution in [1.29, 1.82) is 0 Å². The Balaban J connectivity index is 1.88. The van der Waals surface area contributed by atoms with E-state index in [1.54, 1.807) is 35.1 Å². The Kier molecular flexibility index (Phi) is 3.53. The van der Waals surface area contributed by atoms with Gasteiger partial charge in [0.2, 0.25) is 0 Å². The Morgan fingerprint density at radius 2 is 2.14 bits per heavy atom.